The van der Waals surface area contributed by atoms with Gasteiger partial charge in [0, 0.05) is 23.8 Å². The predicted octanol–water partition coefficient (Wildman–Crippen LogP) is 2.86. The molecule has 3 heterocycles. The van der Waals surface area contributed by atoms with E-state index in [9.17, 15) is 10.1 Å². The van der Waals surface area contributed by atoms with E-state index in [1.165, 1.54) is 0 Å². The summed E-state index contributed by atoms with van der Waals surface area (Å²) in [5.74, 6) is -0.110. The Labute approximate surface area is 174 Å². The molecule has 30 heavy (non-hydrogen) atoms. The quantitative estimate of drug-likeness (QED) is 0.432. The lowest BCUT2D eigenvalue weighted by atomic mass is 9.97. The van der Waals surface area contributed by atoms with E-state index in [1.807, 2.05) is 30.3 Å². The molecule has 1 amide bonds. The molecular weight excluding hydrogens is 402 g/mol. The Balaban J connectivity index is 1.61. The van der Waals surface area contributed by atoms with E-state index in [-0.39, 0.29) is 27.8 Å². The third-order valence-corrected chi connectivity index (χ3v) is 6.02. The van der Waals surface area contributed by atoms with Crippen LogP contribution in [0, 0.1) is 11.3 Å². The van der Waals surface area contributed by atoms with Gasteiger partial charge in [0.25, 0.3) is 12.1 Å². The minimum atomic E-state index is -0.439. The molecule has 0 saturated heterocycles. The number of aromatic nitrogens is 3. The van der Waals surface area contributed by atoms with Crippen LogP contribution in [0.5, 0.6) is 0 Å². The van der Waals surface area contributed by atoms with Crippen LogP contribution >= 0.6 is 11.3 Å². The largest absolute Gasteiger partial charge is 0.397 e. The number of hydrogen-bond donors (Lipinski definition) is 3. The summed E-state index contributed by atoms with van der Waals surface area (Å²) in [5.41, 5.74) is 14.2. The van der Waals surface area contributed by atoms with Crippen molar-refractivity contribution in [3.8, 4) is 17.2 Å². The number of nitrogens with zero attached hydrogens (tertiary/aromatic N) is 4. The van der Waals surface area contributed by atoms with Crippen LogP contribution in [0.1, 0.15) is 34.1 Å². The second-order valence-corrected chi connectivity index (χ2v) is 7.98. The van der Waals surface area contributed by atoms with Crippen molar-refractivity contribution in [2.24, 2.45) is 0 Å². The third-order valence-electron chi connectivity index (χ3n) is 4.93. The fourth-order valence-corrected chi connectivity index (χ4v) is 4.35. The molecule has 0 spiro atoms. The second kappa shape index (κ2) is 6.82. The van der Waals surface area contributed by atoms with Gasteiger partial charge in [-0.1, -0.05) is 30.3 Å². The number of nitrogens with two attached hydrogens (primary N) is 2. The summed E-state index contributed by atoms with van der Waals surface area (Å²) in [7, 11) is 0. The van der Waals surface area contributed by atoms with E-state index in [2.05, 4.69) is 21.6 Å². The van der Waals surface area contributed by atoms with Gasteiger partial charge in [0.05, 0.1) is 5.69 Å². The number of nitrogen functional groups attached to an aromatic ring is 2. The maximum Gasteiger partial charge on any atom is 0.302 e. The fourth-order valence-electron chi connectivity index (χ4n) is 3.34. The number of nitriles is 1. The first-order valence-corrected chi connectivity index (χ1v) is 10.0. The van der Waals surface area contributed by atoms with Gasteiger partial charge in [-0.05, 0) is 10.2 Å². The molecule has 5 N–H and O–H groups in total. The molecule has 148 valence electrons. The SMILES string of the molecule is N#Cc1c(N)nc2sc(C(=O)Nc3c[n+](C4CC4)no3)c(N)c2c1-c1ccccc1. The van der Waals surface area contributed by atoms with Crippen molar-refractivity contribution in [2.45, 2.75) is 18.9 Å². The predicted molar refractivity (Wildman–Crippen MR) is 112 cm³/mol. The van der Waals surface area contributed by atoms with Gasteiger partial charge in [-0.15, -0.1) is 11.3 Å². The molecule has 3 aromatic heterocycles. The average Bonchev–Trinajstić information content (AvgIpc) is 3.41. The number of nitrogens with one attached hydrogen (secondary N) is 1. The van der Waals surface area contributed by atoms with Crippen molar-refractivity contribution in [1.29, 1.82) is 5.26 Å². The van der Waals surface area contributed by atoms with Crippen molar-refractivity contribution in [2.75, 3.05) is 16.8 Å². The molecule has 0 bridgehead atoms. The van der Waals surface area contributed by atoms with E-state index < -0.39 is 5.91 Å². The molecule has 0 aliphatic heterocycles. The standard InChI is InChI=1S/C20H15N7O2S/c21-8-12-14(10-4-2-1-3-5-10)15-16(22)17(30-20(15)25-18(12)23)19(28)24-13-9-27(26-29-13)11-6-7-11/h1-5,9,11H,6-7H2,(H4-,22,23,24,25,26,28)/p+1. The van der Waals surface area contributed by atoms with Gasteiger partial charge in [0.1, 0.15) is 27.2 Å². The van der Waals surface area contributed by atoms with Crippen molar-refractivity contribution < 1.29 is 14.0 Å². The summed E-state index contributed by atoms with van der Waals surface area (Å²) < 4.78 is 6.88. The summed E-state index contributed by atoms with van der Waals surface area (Å²) in [5, 5.41) is 16.8. The molecule has 5 rings (SSSR count). The number of benzene rings is 1. The normalized spacial score (nSPS) is 13.3. The highest BCUT2D eigenvalue weighted by molar-refractivity contribution is 7.21. The van der Waals surface area contributed by atoms with Gasteiger partial charge in [0.15, 0.2) is 6.04 Å². The molecule has 4 aromatic rings. The minimum absolute atomic E-state index is 0.0952. The van der Waals surface area contributed by atoms with Gasteiger partial charge < -0.3 is 11.5 Å². The summed E-state index contributed by atoms with van der Waals surface area (Å²) in [6.07, 6.45) is 3.74. The number of rotatable bonds is 4. The Morgan fingerprint density at radius 3 is 2.77 bits per heavy atom. The van der Waals surface area contributed by atoms with Crippen LogP contribution < -0.4 is 21.5 Å². The van der Waals surface area contributed by atoms with Crippen LogP contribution in [-0.4, -0.2) is 16.2 Å². The summed E-state index contributed by atoms with van der Waals surface area (Å²) in [6.45, 7) is 0. The van der Waals surface area contributed by atoms with Crippen LogP contribution in [0.15, 0.2) is 41.1 Å². The zero-order valence-corrected chi connectivity index (χ0v) is 16.4. The summed E-state index contributed by atoms with van der Waals surface area (Å²) in [4.78, 5) is 17.9. The topological polar surface area (TPSA) is 148 Å². The molecule has 1 saturated carbocycles. The Hall–Kier alpha value is -3.97. The van der Waals surface area contributed by atoms with Crippen molar-refractivity contribution in [1.82, 2.24) is 10.3 Å². The molecule has 1 fully saturated rings. The molecule has 0 unspecified atom stereocenters. The van der Waals surface area contributed by atoms with Crippen LogP contribution in [0.3, 0.4) is 0 Å². The van der Waals surface area contributed by atoms with Crippen LogP contribution in [0.25, 0.3) is 21.3 Å². The highest BCUT2D eigenvalue weighted by Gasteiger charge is 2.36. The number of amides is 1. The van der Waals surface area contributed by atoms with Crippen LogP contribution in [0.4, 0.5) is 17.4 Å². The smallest absolute Gasteiger partial charge is 0.302 e. The molecule has 1 aromatic carbocycles. The first kappa shape index (κ1) is 18.1. The van der Waals surface area contributed by atoms with Gasteiger partial charge in [-0.3, -0.25) is 14.6 Å². The summed E-state index contributed by atoms with van der Waals surface area (Å²) in [6, 6.07) is 11.7. The van der Waals surface area contributed by atoms with E-state index >= 15 is 0 Å². The molecule has 1 aliphatic carbocycles. The summed E-state index contributed by atoms with van der Waals surface area (Å²) >= 11 is 1.11. The zero-order chi connectivity index (χ0) is 20.8. The van der Waals surface area contributed by atoms with Gasteiger partial charge in [0.2, 0.25) is 5.27 Å². The highest BCUT2D eigenvalue weighted by Crippen LogP contribution is 2.42. The number of carbonyl (C=O) groups is 1. The molecule has 1 aliphatic rings. The number of hydrogen-bond acceptors (Lipinski definition) is 8. The fraction of sp³-hybridized carbons (Fsp3) is 0.150. The van der Waals surface area contributed by atoms with E-state index in [1.54, 1.807) is 10.9 Å². The maximum absolute atomic E-state index is 12.9. The van der Waals surface area contributed by atoms with E-state index in [0.717, 1.165) is 29.7 Å². The van der Waals surface area contributed by atoms with Gasteiger partial charge in [-0.2, -0.15) is 5.26 Å². The number of thiophene rings is 1. The minimum Gasteiger partial charge on any atom is -0.397 e. The Bertz CT molecular complexity index is 1330. The average molecular weight is 418 g/mol. The third kappa shape index (κ3) is 2.92. The number of pyridine rings is 1. The van der Waals surface area contributed by atoms with Gasteiger partial charge >= 0.3 is 5.88 Å². The first-order valence-electron chi connectivity index (χ1n) is 9.23. The zero-order valence-electron chi connectivity index (χ0n) is 15.6. The van der Waals surface area contributed by atoms with E-state index in [0.29, 0.717) is 21.8 Å². The lowest BCUT2D eigenvalue weighted by Gasteiger charge is -2.09. The van der Waals surface area contributed by atoms with Crippen molar-refractivity contribution in [3.63, 3.8) is 0 Å². The molecule has 0 atom stereocenters. The molecule has 9 nitrogen and oxygen atoms in total. The molecule has 10 heteroatoms. The Morgan fingerprint density at radius 2 is 2.07 bits per heavy atom. The van der Waals surface area contributed by atoms with Crippen LogP contribution in [-0.2, 0) is 0 Å². The Kier molecular flexibility index (Phi) is 4.11. The number of carbonyl (C=O) groups excluding carboxylic acids is 1. The number of anilines is 3. The van der Waals surface area contributed by atoms with Gasteiger partial charge in [-0.25, -0.2) is 4.98 Å². The van der Waals surface area contributed by atoms with Crippen molar-refractivity contribution >= 4 is 44.9 Å². The number of fused-ring (bicyclic) bond motifs is 1. The first-order chi connectivity index (χ1) is 14.6. The van der Waals surface area contributed by atoms with Crippen LogP contribution in [0.2, 0.25) is 0 Å². The molecular formula is C20H16N7O2S+. The van der Waals surface area contributed by atoms with Crippen molar-refractivity contribution in [3.05, 3.63) is 47.0 Å². The molecule has 0 radical (unpaired) electrons. The second-order valence-electron chi connectivity index (χ2n) is 6.98. The lowest BCUT2D eigenvalue weighted by Crippen LogP contribution is -2.32. The maximum atomic E-state index is 12.9. The highest BCUT2D eigenvalue weighted by atomic mass is 32.1. The van der Waals surface area contributed by atoms with E-state index in [4.69, 9.17) is 16.0 Å². The monoisotopic (exact) mass is 418 g/mol. The lowest BCUT2D eigenvalue weighted by molar-refractivity contribution is -0.765. The Morgan fingerprint density at radius 1 is 1.30 bits per heavy atom.